The maximum atomic E-state index is 13.0. The summed E-state index contributed by atoms with van der Waals surface area (Å²) in [6, 6.07) is 16.8. The van der Waals surface area contributed by atoms with E-state index in [4.69, 9.17) is 34.8 Å². The molecular formula is C19H18Cl3N3O2. The number of benzene rings is 2. The van der Waals surface area contributed by atoms with E-state index in [2.05, 4.69) is 22.3 Å². The Hall–Kier alpha value is -1.95. The quantitative estimate of drug-likeness (QED) is 0.756. The third kappa shape index (κ3) is 4.86. The van der Waals surface area contributed by atoms with Crippen molar-refractivity contribution in [1.82, 2.24) is 4.90 Å². The first kappa shape index (κ1) is 19.8. The number of anilines is 2. The molecule has 1 saturated heterocycles. The number of amides is 2. The summed E-state index contributed by atoms with van der Waals surface area (Å²) < 4.78 is -2.10. The van der Waals surface area contributed by atoms with Crippen LogP contribution in [0.5, 0.6) is 0 Å². The van der Waals surface area contributed by atoms with E-state index in [0.29, 0.717) is 24.3 Å². The van der Waals surface area contributed by atoms with Crippen LogP contribution in [0.2, 0.25) is 0 Å². The summed E-state index contributed by atoms with van der Waals surface area (Å²) in [7, 11) is 0. The number of nitrogens with zero attached hydrogens (tertiary/aromatic N) is 2. The lowest BCUT2D eigenvalue weighted by molar-refractivity contribution is -0.115. The van der Waals surface area contributed by atoms with Gasteiger partial charge in [-0.1, -0.05) is 65.1 Å². The Morgan fingerprint density at radius 2 is 1.44 bits per heavy atom. The van der Waals surface area contributed by atoms with Crippen LogP contribution in [-0.2, 0) is 4.79 Å². The summed E-state index contributed by atoms with van der Waals surface area (Å²) in [5.41, 5.74) is 1.83. The van der Waals surface area contributed by atoms with E-state index in [-0.39, 0.29) is 5.91 Å². The van der Waals surface area contributed by atoms with Crippen LogP contribution in [0.3, 0.4) is 0 Å². The van der Waals surface area contributed by atoms with Crippen LogP contribution in [0.4, 0.5) is 11.4 Å². The van der Waals surface area contributed by atoms with Gasteiger partial charge in [0.05, 0.1) is 11.3 Å². The van der Waals surface area contributed by atoms with E-state index in [1.165, 1.54) is 0 Å². The number of nitrogens with one attached hydrogen (secondary N) is 1. The summed E-state index contributed by atoms with van der Waals surface area (Å²) in [6.45, 7) is 2.64. The Bertz CT molecular complexity index is 816. The van der Waals surface area contributed by atoms with E-state index in [9.17, 15) is 9.59 Å². The normalized spacial score (nSPS) is 14.8. The monoisotopic (exact) mass is 425 g/mol. The highest BCUT2D eigenvalue weighted by molar-refractivity contribution is 6.76. The van der Waals surface area contributed by atoms with E-state index in [0.717, 1.165) is 18.8 Å². The third-order valence-corrected chi connectivity index (χ3v) is 4.87. The second-order valence-corrected chi connectivity index (χ2v) is 8.39. The smallest absolute Gasteiger partial charge is 0.276 e. The minimum atomic E-state index is -2.10. The maximum Gasteiger partial charge on any atom is 0.276 e. The Labute approximate surface area is 172 Å². The van der Waals surface area contributed by atoms with Gasteiger partial charge in [0, 0.05) is 31.9 Å². The number of rotatable bonds is 3. The lowest BCUT2D eigenvalue weighted by Gasteiger charge is -2.36. The molecule has 2 aromatic rings. The minimum absolute atomic E-state index is 0.164. The van der Waals surface area contributed by atoms with Gasteiger partial charge in [0.1, 0.15) is 0 Å². The highest BCUT2D eigenvalue weighted by Crippen LogP contribution is 2.29. The molecule has 142 valence electrons. The predicted molar refractivity (Wildman–Crippen MR) is 110 cm³/mol. The second-order valence-electron chi connectivity index (χ2n) is 6.11. The first-order chi connectivity index (χ1) is 12.9. The molecular weight excluding hydrogens is 409 g/mol. The van der Waals surface area contributed by atoms with Gasteiger partial charge in [0.2, 0.25) is 0 Å². The van der Waals surface area contributed by atoms with Crippen molar-refractivity contribution >= 4 is 58.0 Å². The minimum Gasteiger partial charge on any atom is -0.368 e. The van der Waals surface area contributed by atoms with Crippen LogP contribution in [0.15, 0.2) is 54.6 Å². The zero-order chi connectivity index (χ0) is 19.4. The molecule has 0 aliphatic carbocycles. The molecule has 2 amide bonds. The molecule has 1 aliphatic rings. The molecule has 1 N–H and O–H groups in total. The predicted octanol–water partition coefficient (Wildman–Crippen LogP) is 3.96. The fourth-order valence-electron chi connectivity index (χ4n) is 2.95. The zero-order valence-electron chi connectivity index (χ0n) is 14.4. The van der Waals surface area contributed by atoms with E-state index < -0.39 is 9.70 Å². The topological polar surface area (TPSA) is 52.7 Å². The molecule has 0 bridgehead atoms. The van der Waals surface area contributed by atoms with Crippen LogP contribution >= 0.6 is 34.8 Å². The van der Waals surface area contributed by atoms with Crippen LogP contribution in [0, 0.1) is 0 Å². The molecule has 1 aliphatic heterocycles. The molecule has 1 fully saturated rings. The summed E-state index contributed by atoms with van der Waals surface area (Å²) in [4.78, 5) is 28.9. The standard InChI is InChI=1S/C19H18Cl3N3O2/c20-19(21,22)18(27)23-16-9-5-4-8-15(16)17(26)25-12-10-24(11-13-25)14-6-2-1-3-7-14/h1-9H,10-13H2,(H,23,27). The number of alkyl halides is 3. The van der Waals surface area contributed by atoms with Crippen molar-refractivity contribution in [2.45, 2.75) is 3.79 Å². The Morgan fingerprint density at radius 1 is 0.852 bits per heavy atom. The number of carbonyl (C=O) groups excluding carboxylic acids is 2. The summed E-state index contributed by atoms with van der Waals surface area (Å²) in [6.07, 6.45) is 0. The molecule has 3 rings (SSSR count). The highest BCUT2D eigenvalue weighted by atomic mass is 35.6. The number of piperazine rings is 1. The number of para-hydroxylation sites is 2. The average Bonchev–Trinajstić information content (AvgIpc) is 2.68. The van der Waals surface area contributed by atoms with E-state index in [1.807, 2.05) is 18.2 Å². The second kappa shape index (κ2) is 8.38. The largest absolute Gasteiger partial charge is 0.368 e. The molecule has 5 nitrogen and oxygen atoms in total. The van der Waals surface area contributed by atoms with Gasteiger partial charge >= 0.3 is 0 Å². The Morgan fingerprint density at radius 3 is 2.07 bits per heavy atom. The lowest BCUT2D eigenvalue weighted by atomic mass is 10.1. The molecule has 0 unspecified atom stereocenters. The summed E-state index contributed by atoms with van der Waals surface area (Å²) in [5.74, 6) is -0.968. The molecule has 1 heterocycles. The van der Waals surface area contributed by atoms with Crippen LogP contribution in [0.1, 0.15) is 10.4 Å². The van der Waals surface area contributed by atoms with Gasteiger partial charge in [0.15, 0.2) is 0 Å². The number of hydrogen-bond donors (Lipinski definition) is 1. The van der Waals surface area contributed by atoms with Crippen molar-refractivity contribution in [3.63, 3.8) is 0 Å². The average molecular weight is 427 g/mol. The van der Waals surface area contributed by atoms with Crippen molar-refractivity contribution in [2.75, 3.05) is 36.4 Å². The van der Waals surface area contributed by atoms with Crippen molar-refractivity contribution < 1.29 is 9.59 Å². The molecule has 27 heavy (non-hydrogen) atoms. The number of hydrogen-bond acceptors (Lipinski definition) is 3. The number of carbonyl (C=O) groups is 2. The van der Waals surface area contributed by atoms with E-state index >= 15 is 0 Å². The fraction of sp³-hybridized carbons (Fsp3) is 0.263. The van der Waals surface area contributed by atoms with Crippen LogP contribution < -0.4 is 10.2 Å². The maximum absolute atomic E-state index is 13.0. The molecule has 0 aromatic heterocycles. The van der Waals surface area contributed by atoms with Crippen molar-refractivity contribution in [2.24, 2.45) is 0 Å². The summed E-state index contributed by atoms with van der Waals surface area (Å²) in [5, 5.41) is 2.51. The molecule has 0 radical (unpaired) electrons. The van der Waals surface area contributed by atoms with Crippen LogP contribution in [0.25, 0.3) is 0 Å². The fourth-order valence-corrected chi connectivity index (χ4v) is 3.09. The Balaban J connectivity index is 1.69. The van der Waals surface area contributed by atoms with Gasteiger partial charge < -0.3 is 15.1 Å². The molecule has 0 saturated carbocycles. The number of halogens is 3. The van der Waals surface area contributed by atoms with Gasteiger partial charge in [-0.05, 0) is 24.3 Å². The van der Waals surface area contributed by atoms with Crippen molar-refractivity contribution in [3.8, 4) is 0 Å². The summed E-state index contributed by atoms with van der Waals surface area (Å²) >= 11 is 16.8. The van der Waals surface area contributed by atoms with Crippen molar-refractivity contribution in [3.05, 3.63) is 60.2 Å². The van der Waals surface area contributed by atoms with Gasteiger partial charge in [-0.2, -0.15) is 0 Å². The highest BCUT2D eigenvalue weighted by Gasteiger charge is 2.32. The lowest BCUT2D eigenvalue weighted by Crippen LogP contribution is -2.49. The van der Waals surface area contributed by atoms with Gasteiger partial charge in [-0.25, -0.2) is 0 Å². The van der Waals surface area contributed by atoms with Crippen molar-refractivity contribution in [1.29, 1.82) is 0 Å². The van der Waals surface area contributed by atoms with Gasteiger partial charge in [0.25, 0.3) is 15.6 Å². The first-order valence-corrected chi connectivity index (χ1v) is 9.56. The van der Waals surface area contributed by atoms with Gasteiger partial charge in [-0.15, -0.1) is 0 Å². The molecule has 0 atom stereocenters. The molecule has 0 spiro atoms. The molecule has 2 aromatic carbocycles. The van der Waals surface area contributed by atoms with E-state index in [1.54, 1.807) is 29.2 Å². The third-order valence-electron chi connectivity index (χ3n) is 4.35. The van der Waals surface area contributed by atoms with Gasteiger partial charge in [-0.3, -0.25) is 9.59 Å². The Kier molecular flexibility index (Phi) is 6.15. The SMILES string of the molecule is O=C(c1ccccc1NC(=O)C(Cl)(Cl)Cl)N1CCN(c2ccccc2)CC1. The molecule has 8 heteroatoms. The van der Waals surface area contributed by atoms with Crippen LogP contribution in [-0.4, -0.2) is 46.7 Å². The zero-order valence-corrected chi connectivity index (χ0v) is 16.6. The first-order valence-electron chi connectivity index (χ1n) is 8.43.